The summed E-state index contributed by atoms with van der Waals surface area (Å²) in [6.45, 7) is 2.96. The quantitative estimate of drug-likeness (QED) is 0.749. The number of aromatic nitrogens is 1. The van der Waals surface area contributed by atoms with Crippen molar-refractivity contribution in [3.63, 3.8) is 0 Å². The molecule has 1 aromatic carbocycles. The van der Waals surface area contributed by atoms with Crippen LogP contribution in [0.15, 0.2) is 42.7 Å². The monoisotopic (exact) mass is 239 g/mol. The smallest absolute Gasteiger partial charge is 0.167 e. The van der Waals surface area contributed by atoms with Gasteiger partial charge in [-0.3, -0.25) is 4.79 Å². The molecule has 3 rings (SSSR count). The lowest BCUT2D eigenvalue weighted by Gasteiger charge is -2.06. The van der Waals surface area contributed by atoms with Crippen molar-refractivity contribution in [2.45, 2.75) is 26.3 Å². The fourth-order valence-electron chi connectivity index (χ4n) is 2.25. The summed E-state index contributed by atoms with van der Waals surface area (Å²) < 4.78 is 2.10. The van der Waals surface area contributed by atoms with Gasteiger partial charge in [-0.1, -0.05) is 24.3 Å². The number of Topliss-reactive ketones (excluding diaryl/α,β-unsaturated/α-hetero) is 1. The summed E-state index contributed by atoms with van der Waals surface area (Å²) in [6, 6.07) is 10.3. The van der Waals surface area contributed by atoms with Crippen molar-refractivity contribution in [2.75, 3.05) is 0 Å². The molecule has 2 nitrogen and oxygen atoms in total. The van der Waals surface area contributed by atoms with Gasteiger partial charge in [0.1, 0.15) is 0 Å². The third-order valence-electron chi connectivity index (χ3n) is 3.60. The van der Waals surface area contributed by atoms with Crippen LogP contribution < -0.4 is 0 Å². The number of rotatable bonds is 4. The topological polar surface area (TPSA) is 22.0 Å². The van der Waals surface area contributed by atoms with E-state index in [1.807, 2.05) is 18.5 Å². The molecular formula is C16H17NO. The Morgan fingerprint density at radius 1 is 1.28 bits per heavy atom. The van der Waals surface area contributed by atoms with Crippen LogP contribution in [0.5, 0.6) is 0 Å². The van der Waals surface area contributed by atoms with Gasteiger partial charge in [0.2, 0.25) is 0 Å². The summed E-state index contributed by atoms with van der Waals surface area (Å²) in [5.74, 6) is 0.623. The highest BCUT2D eigenvalue weighted by atomic mass is 16.1. The maximum atomic E-state index is 11.9. The van der Waals surface area contributed by atoms with Crippen molar-refractivity contribution >= 4 is 5.78 Å². The Bertz CT molecular complexity index is 578. The molecule has 0 unspecified atom stereocenters. The van der Waals surface area contributed by atoms with E-state index in [-0.39, 0.29) is 0 Å². The minimum atomic E-state index is 0.305. The van der Waals surface area contributed by atoms with E-state index in [2.05, 4.69) is 35.8 Å². The van der Waals surface area contributed by atoms with E-state index in [1.54, 1.807) is 0 Å². The molecule has 0 bridgehead atoms. The van der Waals surface area contributed by atoms with Gasteiger partial charge in [-0.05, 0) is 37.0 Å². The summed E-state index contributed by atoms with van der Waals surface area (Å²) in [6.07, 6.45) is 6.12. The zero-order chi connectivity index (χ0) is 12.5. The van der Waals surface area contributed by atoms with Crippen molar-refractivity contribution in [2.24, 2.45) is 5.92 Å². The molecule has 0 amide bonds. The zero-order valence-electron chi connectivity index (χ0n) is 10.6. The summed E-state index contributed by atoms with van der Waals surface area (Å²) in [7, 11) is 0. The van der Waals surface area contributed by atoms with E-state index in [0.717, 1.165) is 24.9 Å². The van der Waals surface area contributed by atoms with Crippen LogP contribution in [0.4, 0.5) is 0 Å². The molecule has 0 aliphatic heterocycles. The van der Waals surface area contributed by atoms with E-state index in [0.29, 0.717) is 11.7 Å². The molecule has 1 aliphatic rings. The van der Waals surface area contributed by atoms with Crippen LogP contribution in [0.2, 0.25) is 0 Å². The average molecular weight is 239 g/mol. The van der Waals surface area contributed by atoms with Crippen LogP contribution in [0.1, 0.15) is 34.3 Å². The van der Waals surface area contributed by atoms with E-state index in [4.69, 9.17) is 0 Å². The molecule has 1 aromatic heterocycles. The van der Waals surface area contributed by atoms with Crippen LogP contribution >= 0.6 is 0 Å². The van der Waals surface area contributed by atoms with Gasteiger partial charge in [-0.25, -0.2) is 0 Å². The molecule has 92 valence electrons. The van der Waals surface area contributed by atoms with E-state index in [9.17, 15) is 4.79 Å². The van der Waals surface area contributed by atoms with E-state index in [1.165, 1.54) is 11.1 Å². The van der Waals surface area contributed by atoms with Crippen LogP contribution in [0, 0.1) is 12.8 Å². The van der Waals surface area contributed by atoms with E-state index >= 15 is 0 Å². The first-order chi connectivity index (χ1) is 8.74. The molecule has 1 fully saturated rings. The molecule has 0 spiro atoms. The third-order valence-corrected chi connectivity index (χ3v) is 3.60. The Labute approximate surface area is 107 Å². The Balaban J connectivity index is 1.77. The summed E-state index contributed by atoms with van der Waals surface area (Å²) >= 11 is 0. The van der Waals surface area contributed by atoms with Gasteiger partial charge < -0.3 is 4.57 Å². The number of aryl methyl sites for hydroxylation is 1. The molecule has 0 atom stereocenters. The average Bonchev–Trinajstić information content (AvgIpc) is 3.12. The molecule has 18 heavy (non-hydrogen) atoms. The fourth-order valence-corrected chi connectivity index (χ4v) is 2.25. The van der Waals surface area contributed by atoms with Crippen molar-refractivity contribution in [3.05, 3.63) is 59.4 Å². The van der Waals surface area contributed by atoms with Gasteiger partial charge in [0.15, 0.2) is 5.78 Å². The van der Waals surface area contributed by atoms with Crippen molar-refractivity contribution in [1.82, 2.24) is 4.57 Å². The lowest BCUT2D eigenvalue weighted by molar-refractivity contribution is 0.0967. The van der Waals surface area contributed by atoms with Gasteiger partial charge in [0, 0.05) is 30.4 Å². The predicted molar refractivity (Wildman–Crippen MR) is 71.8 cm³/mol. The predicted octanol–water partition coefficient (Wildman–Crippen LogP) is 3.44. The summed E-state index contributed by atoms with van der Waals surface area (Å²) in [5.41, 5.74) is 3.46. The third kappa shape index (κ3) is 2.23. The molecule has 1 heterocycles. The van der Waals surface area contributed by atoms with Crippen LogP contribution in [0.25, 0.3) is 0 Å². The van der Waals surface area contributed by atoms with Crippen molar-refractivity contribution in [3.8, 4) is 0 Å². The largest absolute Gasteiger partial charge is 0.349 e. The first-order valence-corrected chi connectivity index (χ1v) is 6.48. The lowest BCUT2D eigenvalue weighted by atomic mass is 10.1. The second kappa shape index (κ2) is 4.45. The Morgan fingerprint density at radius 3 is 2.78 bits per heavy atom. The maximum Gasteiger partial charge on any atom is 0.167 e. The molecule has 2 heteroatoms. The maximum absolute atomic E-state index is 11.9. The SMILES string of the molecule is Cc1ccccc1Cn1ccc(C(=O)C2CC2)c1. The highest BCUT2D eigenvalue weighted by molar-refractivity contribution is 5.99. The molecule has 2 aromatic rings. The Hall–Kier alpha value is -1.83. The Kier molecular flexibility index (Phi) is 2.78. The second-order valence-corrected chi connectivity index (χ2v) is 5.14. The second-order valence-electron chi connectivity index (χ2n) is 5.14. The molecule has 0 radical (unpaired) electrons. The minimum Gasteiger partial charge on any atom is -0.349 e. The highest BCUT2D eigenvalue weighted by Crippen LogP contribution is 2.32. The van der Waals surface area contributed by atoms with Crippen molar-refractivity contribution in [1.29, 1.82) is 0 Å². The summed E-state index contributed by atoms with van der Waals surface area (Å²) in [5, 5.41) is 0. The van der Waals surface area contributed by atoms with Gasteiger partial charge in [-0.15, -0.1) is 0 Å². The van der Waals surface area contributed by atoms with Crippen LogP contribution in [-0.2, 0) is 6.54 Å². The number of carbonyl (C=O) groups excluding carboxylic acids is 1. The molecule has 1 saturated carbocycles. The van der Waals surface area contributed by atoms with Gasteiger partial charge >= 0.3 is 0 Å². The van der Waals surface area contributed by atoms with Crippen LogP contribution in [-0.4, -0.2) is 10.4 Å². The molecular weight excluding hydrogens is 222 g/mol. The number of nitrogens with zero attached hydrogens (tertiary/aromatic N) is 1. The Morgan fingerprint density at radius 2 is 2.06 bits per heavy atom. The molecule has 0 N–H and O–H groups in total. The molecule has 0 saturated heterocycles. The van der Waals surface area contributed by atoms with Crippen LogP contribution in [0.3, 0.4) is 0 Å². The number of hydrogen-bond donors (Lipinski definition) is 0. The first kappa shape index (κ1) is 11.3. The molecule has 1 aliphatic carbocycles. The van der Waals surface area contributed by atoms with E-state index < -0.39 is 0 Å². The first-order valence-electron chi connectivity index (χ1n) is 6.48. The number of benzene rings is 1. The highest BCUT2D eigenvalue weighted by Gasteiger charge is 2.30. The van der Waals surface area contributed by atoms with Gasteiger partial charge in [0.25, 0.3) is 0 Å². The summed E-state index contributed by atoms with van der Waals surface area (Å²) in [4.78, 5) is 11.9. The van der Waals surface area contributed by atoms with Crippen molar-refractivity contribution < 1.29 is 4.79 Å². The van der Waals surface area contributed by atoms with Gasteiger partial charge in [0.05, 0.1) is 0 Å². The standard InChI is InChI=1S/C16H17NO/c1-12-4-2-3-5-14(12)10-17-9-8-15(11-17)16(18)13-6-7-13/h2-5,8-9,11,13H,6-7,10H2,1H3. The fraction of sp³-hybridized carbons (Fsp3) is 0.312. The lowest BCUT2D eigenvalue weighted by Crippen LogP contribution is -2.01. The number of carbonyl (C=O) groups is 1. The normalized spacial score (nSPS) is 14.7. The number of hydrogen-bond acceptors (Lipinski definition) is 1. The minimum absolute atomic E-state index is 0.305. The number of ketones is 1. The zero-order valence-corrected chi connectivity index (χ0v) is 10.6. The van der Waals surface area contributed by atoms with Gasteiger partial charge in [-0.2, -0.15) is 0 Å².